The van der Waals surface area contributed by atoms with Gasteiger partial charge in [0.1, 0.15) is 11.5 Å². The second-order valence-corrected chi connectivity index (χ2v) is 9.68. The molecular weight excluding hydrogens is 392 g/mol. The van der Waals surface area contributed by atoms with Crippen molar-refractivity contribution in [1.29, 1.82) is 0 Å². The van der Waals surface area contributed by atoms with E-state index in [4.69, 9.17) is 0 Å². The largest absolute Gasteiger partial charge is 0.508 e. The standard InChI is InChI=1S/C30H46O2/c1-4-5-6-7-8-9-10-11-12-13-14-15-16-17-28(26-18-20-29(31)24(2)22-26)27-19-21-30(32)25(3)23-27/h18-23,28,31-32H,4-17H2,1-3H3. The molecule has 0 aliphatic heterocycles. The van der Waals surface area contributed by atoms with Gasteiger partial charge in [-0.3, -0.25) is 0 Å². The van der Waals surface area contributed by atoms with Crippen molar-refractivity contribution < 1.29 is 10.2 Å². The van der Waals surface area contributed by atoms with Crippen molar-refractivity contribution in [3.8, 4) is 11.5 Å². The van der Waals surface area contributed by atoms with Crippen LogP contribution in [0, 0.1) is 13.8 Å². The number of aryl methyl sites for hydroxylation is 2. The third-order valence-electron chi connectivity index (χ3n) is 6.84. The second kappa shape index (κ2) is 15.0. The fraction of sp³-hybridized carbons (Fsp3) is 0.600. The van der Waals surface area contributed by atoms with E-state index >= 15 is 0 Å². The van der Waals surface area contributed by atoms with Crippen LogP contribution in [-0.4, -0.2) is 10.2 Å². The third-order valence-corrected chi connectivity index (χ3v) is 6.84. The van der Waals surface area contributed by atoms with E-state index in [9.17, 15) is 10.2 Å². The molecule has 0 bridgehead atoms. The Morgan fingerprint density at radius 2 is 0.938 bits per heavy atom. The zero-order valence-electron chi connectivity index (χ0n) is 20.8. The SMILES string of the molecule is CCCCCCCCCCCCCCCC(c1ccc(O)c(C)c1)c1ccc(O)c(C)c1. The van der Waals surface area contributed by atoms with Gasteiger partial charge in [-0.05, 0) is 54.7 Å². The highest BCUT2D eigenvalue weighted by Crippen LogP contribution is 2.34. The van der Waals surface area contributed by atoms with Crippen LogP contribution in [0.25, 0.3) is 0 Å². The molecule has 2 nitrogen and oxygen atoms in total. The first-order valence-corrected chi connectivity index (χ1v) is 13.1. The molecular formula is C30H46O2. The Bertz CT molecular complexity index is 729. The summed E-state index contributed by atoms with van der Waals surface area (Å²) in [6.45, 7) is 6.20. The number of phenols is 2. The Balaban J connectivity index is 1.74. The minimum absolute atomic E-state index is 0.307. The molecule has 0 atom stereocenters. The molecule has 0 heterocycles. The summed E-state index contributed by atoms with van der Waals surface area (Å²) in [4.78, 5) is 0. The molecule has 32 heavy (non-hydrogen) atoms. The average molecular weight is 439 g/mol. The summed E-state index contributed by atoms with van der Waals surface area (Å²) < 4.78 is 0. The van der Waals surface area contributed by atoms with E-state index in [0.717, 1.165) is 17.5 Å². The average Bonchev–Trinajstić information content (AvgIpc) is 2.78. The van der Waals surface area contributed by atoms with Gasteiger partial charge >= 0.3 is 0 Å². The van der Waals surface area contributed by atoms with Gasteiger partial charge in [0.15, 0.2) is 0 Å². The van der Waals surface area contributed by atoms with Crippen molar-refractivity contribution in [2.45, 2.75) is 117 Å². The number of hydrogen-bond donors (Lipinski definition) is 2. The predicted octanol–water partition coefficient (Wildman–Crippen LogP) is 9.33. The second-order valence-electron chi connectivity index (χ2n) is 9.68. The molecule has 0 saturated carbocycles. The molecule has 0 saturated heterocycles. The number of hydrogen-bond acceptors (Lipinski definition) is 2. The fourth-order valence-electron chi connectivity index (χ4n) is 4.68. The Morgan fingerprint density at radius 3 is 1.31 bits per heavy atom. The van der Waals surface area contributed by atoms with Crippen LogP contribution in [0.4, 0.5) is 0 Å². The predicted molar refractivity (Wildman–Crippen MR) is 138 cm³/mol. The summed E-state index contributed by atoms with van der Waals surface area (Å²) in [7, 11) is 0. The van der Waals surface area contributed by atoms with Gasteiger partial charge in [0, 0.05) is 5.92 Å². The summed E-state index contributed by atoms with van der Waals surface area (Å²) >= 11 is 0. The molecule has 178 valence electrons. The lowest BCUT2D eigenvalue weighted by Crippen LogP contribution is -2.02. The van der Waals surface area contributed by atoms with Crippen LogP contribution in [0.5, 0.6) is 11.5 Å². The maximum absolute atomic E-state index is 9.94. The van der Waals surface area contributed by atoms with Gasteiger partial charge in [0.05, 0.1) is 0 Å². The Morgan fingerprint density at radius 1 is 0.562 bits per heavy atom. The highest BCUT2D eigenvalue weighted by atomic mass is 16.3. The molecule has 2 aromatic carbocycles. The number of benzene rings is 2. The molecule has 2 heteroatoms. The first-order chi connectivity index (χ1) is 15.5. The van der Waals surface area contributed by atoms with E-state index < -0.39 is 0 Å². The molecule has 0 amide bonds. The van der Waals surface area contributed by atoms with E-state index in [1.807, 2.05) is 26.0 Å². The van der Waals surface area contributed by atoms with Crippen molar-refractivity contribution in [3.63, 3.8) is 0 Å². The van der Waals surface area contributed by atoms with E-state index in [1.165, 1.54) is 94.6 Å². The van der Waals surface area contributed by atoms with Gasteiger partial charge in [-0.15, -0.1) is 0 Å². The van der Waals surface area contributed by atoms with Crippen LogP contribution in [-0.2, 0) is 0 Å². The lowest BCUT2D eigenvalue weighted by molar-refractivity contribution is 0.470. The highest BCUT2D eigenvalue weighted by Gasteiger charge is 2.16. The molecule has 2 aromatic rings. The van der Waals surface area contributed by atoms with Crippen LogP contribution in [0.3, 0.4) is 0 Å². The van der Waals surface area contributed by atoms with Crippen LogP contribution >= 0.6 is 0 Å². The minimum Gasteiger partial charge on any atom is -0.508 e. The maximum Gasteiger partial charge on any atom is 0.118 e. The number of phenolic OH excluding ortho intramolecular Hbond substituents is 2. The quantitative estimate of drug-likeness (QED) is 0.256. The molecule has 2 rings (SSSR count). The maximum atomic E-state index is 9.94. The summed E-state index contributed by atoms with van der Waals surface area (Å²) in [6.07, 6.45) is 18.9. The zero-order valence-corrected chi connectivity index (χ0v) is 20.8. The molecule has 0 radical (unpaired) electrons. The van der Waals surface area contributed by atoms with Gasteiger partial charge < -0.3 is 10.2 Å². The summed E-state index contributed by atoms with van der Waals surface area (Å²) in [5.41, 5.74) is 4.36. The number of aromatic hydroxyl groups is 2. The van der Waals surface area contributed by atoms with Crippen LogP contribution < -0.4 is 0 Å². The van der Waals surface area contributed by atoms with E-state index in [2.05, 4.69) is 31.2 Å². The normalized spacial score (nSPS) is 11.4. The van der Waals surface area contributed by atoms with E-state index in [0.29, 0.717) is 17.4 Å². The van der Waals surface area contributed by atoms with E-state index in [-0.39, 0.29) is 0 Å². The first-order valence-electron chi connectivity index (χ1n) is 13.1. The van der Waals surface area contributed by atoms with Crippen molar-refractivity contribution in [2.75, 3.05) is 0 Å². The fourth-order valence-corrected chi connectivity index (χ4v) is 4.68. The Hall–Kier alpha value is -1.96. The van der Waals surface area contributed by atoms with Gasteiger partial charge in [-0.2, -0.15) is 0 Å². The Labute approximate surface area is 197 Å². The molecule has 2 N–H and O–H groups in total. The minimum atomic E-state index is 0.307. The first kappa shape index (κ1) is 26.3. The van der Waals surface area contributed by atoms with Gasteiger partial charge in [-0.1, -0.05) is 115 Å². The van der Waals surface area contributed by atoms with E-state index in [1.54, 1.807) is 0 Å². The third kappa shape index (κ3) is 9.27. The summed E-state index contributed by atoms with van der Waals surface area (Å²) in [5, 5.41) is 19.9. The lowest BCUT2D eigenvalue weighted by atomic mass is 9.85. The van der Waals surface area contributed by atoms with Gasteiger partial charge in [0.2, 0.25) is 0 Å². The lowest BCUT2D eigenvalue weighted by Gasteiger charge is -2.20. The van der Waals surface area contributed by atoms with Crippen LogP contribution in [0.1, 0.15) is 125 Å². The molecule has 0 aromatic heterocycles. The molecule has 0 spiro atoms. The monoisotopic (exact) mass is 438 g/mol. The molecule has 0 fully saturated rings. The van der Waals surface area contributed by atoms with Crippen LogP contribution in [0.2, 0.25) is 0 Å². The summed E-state index contributed by atoms with van der Waals surface area (Å²) in [6, 6.07) is 12.0. The smallest absolute Gasteiger partial charge is 0.118 e. The highest BCUT2D eigenvalue weighted by molar-refractivity contribution is 5.43. The van der Waals surface area contributed by atoms with Crippen LogP contribution in [0.15, 0.2) is 36.4 Å². The number of unbranched alkanes of at least 4 members (excludes halogenated alkanes) is 12. The molecule has 0 aliphatic rings. The Kier molecular flexibility index (Phi) is 12.3. The number of rotatable bonds is 16. The van der Waals surface area contributed by atoms with Crippen molar-refractivity contribution in [3.05, 3.63) is 58.7 Å². The van der Waals surface area contributed by atoms with Gasteiger partial charge in [-0.25, -0.2) is 0 Å². The van der Waals surface area contributed by atoms with Crippen molar-refractivity contribution in [1.82, 2.24) is 0 Å². The van der Waals surface area contributed by atoms with Crippen molar-refractivity contribution in [2.24, 2.45) is 0 Å². The molecule has 0 unspecified atom stereocenters. The topological polar surface area (TPSA) is 40.5 Å². The summed E-state index contributed by atoms with van der Waals surface area (Å²) in [5.74, 6) is 1.02. The zero-order chi connectivity index (χ0) is 23.2. The van der Waals surface area contributed by atoms with Gasteiger partial charge in [0.25, 0.3) is 0 Å². The van der Waals surface area contributed by atoms with Crippen molar-refractivity contribution >= 4 is 0 Å². The molecule has 0 aliphatic carbocycles.